The Balaban J connectivity index is 2.90. The van der Waals surface area contributed by atoms with E-state index in [4.69, 9.17) is 0 Å². The molecule has 0 aliphatic carbocycles. The maximum Gasteiger partial charge on any atom is 0.188 e. The van der Waals surface area contributed by atoms with Gasteiger partial charge in [-0.1, -0.05) is 17.7 Å². The highest BCUT2D eigenvalue weighted by molar-refractivity contribution is 7.80. The number of rotatable bonds is 2. The van der Waals surface area contributed by atoms with E-state index in [2.05, 4.69) is 4.18 Å². The summed E-state index contributed by atoms with van der Waals surface area (Å²) in [5.74, 6) is 0. The Bertz CT molecular complexity index is 253. The molecular formula is C8H10O2S. The minimum Gasteiger partial charge on any atom is -0.290 e. The van der Waals surface area contributed by atoms with Crippen LogP contribution >= 0.6 is 0 Å². The van der Waals surface area contributed by atoms with Crippen molar-refractivity contribution in [2.24, 2.45) is 0 Å². The quantitative estimate of drug-likeness (QED) is 0.674. The molecule has 0 aliphatic heterocycles. The number of aryl methyl sites for hydroxylation is 1. The van der Waals surface area contributed by atoms with Crippen molar-refractivity contribution in [2.45, 2.75) is 11.8 Å². The van der Waals surface area contributed by atoms with E-state index in [-0.39, 0.29) is 0 Å². The highest BCUT2D eigenvalue weighted by Gasteiger charge is 1.99. The fourth-order valence-electron chi connectivity index (χ4n) is 0.746. The minimum absolute atomic E-state index is 0.707. The summed E-state index contributed by atoms with van der Waals surface area (Å²) in [4.78, 5) is 0.707. The second-order valence-electron chi connectivity index (χ2n) is 2.21. The van der Waals surface area contributed by atoms with E-state index in [1.54, 1.807) is 12.1 Å². The van der Waals surface area contributed by atoms with Crippen molar-refractivity contribution < 1.29 is 8.39 Å². The fourth-order valence-corrected chi connectivity index (χ4v) is 1.30. The molecular weight excluding hydrogens is 160 g/mol. The van der Waals surface area contributed by atoms with Gasteiger partial charge in [0.15, 0.2) is 11.1 Å². The molecule has 0 fully saturated rings. The topological polar surface area (TPSA) is 26.3 Å². The molecule has 1 aromatic carbocycles. The van der Waals surface area contributed by atoms with Gasteiger partial charge in [-0.25, -0.2) is 4.21 Å². The van der Waals surface area contributed by atoms with Crippen molar-refractivity contribution in [1.82, 2.24) is 0 Å². The molecule has 0 aromatic heterocycles. The van der Waals surface area contributed by atoms with Crippen LogP contribution in [0.1, 0.15) is 5.56 Å². The zero-order chi connectivity index (χ0) is 8.27. The third-order valence-corrected chi connectivity index (χ3v) is 2.32. The molecule has 1 atom stereocenters. The average Bonchev–Trinajstić information content (AvgIpc) is 2.05. The molecule has 11 heavy (non-hydrogen) atoms. The van der Waals surface area contributed by atoms with Crippen molar-refractivity contribution in [3.05, 3.63) is 29.8 Å². The van der Waals surface area contributed by atoms with Crippen molar-refractivity contribution >= 4 is 11.1 Å². The standard InChI is InChI=1S/C8H10O2S/c1-7-3-5-8(6-4-7)11(9)10-2/h3-6H,1-2H3/t11-/m1/s1. The lowest BCUT2D eigenvalue weighted by Gasteiger charge is -1.97. The van der Waals surface area contributed by atoms with Gasteiger partial charge in [-0.2, -0.15) is 0 Å². The average molecular weight is 170 g/mol. The Morgan fingerprint density at radius 3 is 2.27 bits per heavy atom. The molecule has 0 saturated heterocycles. The van der Waals surface area contributed by atoms with Gasteiger partial charge in [0, 0.05) is 0 Å². The summed E-state index contributed by atoms with van der Waals surface area (Å²) >= 11 is -1.30. The zero-order valence-electron chi connectivity index (χ0n) is 6.53. The second kappa shape index (κ2) is 3.64. The van der Waals surface area contributed by atoms with E-state index >= 15 is 0 Å². The van der Waals surface area contributed by atoms with Crippen LogP contribution in [0.15, 0.2) is 29.2 Å². The maximum absolute atomic E-state index is 11.0. The summed E-state index contributed by atoms with van der Waals surface area (Å²) in [5, 5.41) is 0. The van der Waals surface area contributed by atoms with Gasteiger partial charge >= 0.3 is 0 Å². The Morgan fingerprint density at radius 2 is 1.82 bits per heavy atom. The second-order valence-corrected chi connectivity index (χ2v) is 3.49. The molecule has 0 N–H and O–H groups in total. The van der Waals surface area contributed by atoms with Crippen LogP contribution in [0.3, 0.4) is 0 Å². The summed E-state index contributed by atoms with van der Waals surface area (Å²) in [6.45, 7) is 1.99. The van der Waals surface area contributed by atoms with Crippen molar-refractivity contribution in [3.63, 3.8) is 0 Å². The lowest BCUT2D eigenvalue weighted by atomic mass is 10.2. The van der Waals surface area contributed by atoms with Crippen LogP contribution in [0, 0.1) is 6.92 Å². The lowest BCUT2D eigenvalue weighted by Crippen LogP contribution is -1.92. The van der Waals surface area contributed by atoms with Gasteiger partial charge in [-0.15, -0.1) is 0 Å². The first-order valence-electron chi connectivity index (χ1n) is 3.27. The lowest BCUT2D eigenvalue weighted by molar-refractivity contribution is 0.445. The van der Waals surface area contributed by atoms with Crippen LogP contribution in [-0.2, 0) is 15.3 Å². The van der Waals surface area contributed by atoms with Crippen molar-refractivity contribution in [3.8, 4) is 0 Å². The van der Waals surface area contributed by atoms with E-state index in [1.165, 1.54) is 7.11 Å². The van der Waals surface area contributed by atoms with Gasteiger partial charge in [0.2, 0.25) is 0 Å². The van der Waals surface area contributed by atoms with Crippen LogP contribution < -0.4 is 0 Å². The molecule has 60 valence electrons. The monoisotopic (exact) mass is 170 g/mol. The van der Waals surface area contributed by atoms with Crippen molar-refractivity contribution in [1.29, 1.82) is 0 Å². The molecule has 0 aliphatic rings. The SMILES string of the molecule is CO[S@@](=O)c1ccc(C)cc1. The van der Waals surface area contributed by atoms with Gasteiger partial charge in [0.05, 0.1) is 12.0 Å². The van der Waals surface area contributed by atoms with E-state index in [9.17, 15) is 4.21 Å². The number of hydrogen-bond donors (Lipinski definition) is 0. The molecule has 0 unspecified atom stereocenters. The van der Waals surface area contributed by atoms with E-state index in [0.717, 1.165) is 5.56 Å². The largest absolute Gasteiger partial charge is 0.290 e. The van der Waals surface area contributed by atoms with Gasteiger partial charge in [-0.3, -0.25) is 4.18 Å². The molecule has 3 heteroatoms. The van der Waals surface area contributed by atoms with Crippen LogP contribution in [0.4, 0.5) is 0 Å². The molecule has 0 saturated carbocycles. The summed E-state index contributed by atoms with van der Waals surface area (Å²) in [6.07, 6.45) is 0. The normalized spacial score (nSPS) is 12.9. The molecule has 1 rings (SSSR count). The highest BCUT2D eigenvalue weighted by atomic mass is 32.2. The Kier molecular flexibility index (Phi) is 2.79. The number of benzene rings is 1. The summed E-state index contributed by atoms with van der Waals surface area (Å²) in [6, 6.07) is 7.42. The molecule has 0 radical (unpaired) electrons. The van der Waals surface area contributed by atoms with E-state index in [0.29, 0.717) is 4.90 Å². The molecule has 0 heterocycles. The number of hydrogen-bond acceptors (Lipinski definition) is 2. The van der Waals surface area contributed by atoms with E-state index < -0.39 is 11.1 Å². The predicted molar refractivity (Wildman–Crippen MR) is 44.6 cm³/mol. The maximum atomic E-state index is 11.0. The Labute approximate surface area is 68.9 Å². The smallest absolute Gasteiger partial charge is 0.188 e. The van der Waals surface area contributed by atoms with Gasteiger partial charge in [0.1, 0.15) is 0 Å². The summed E-state index contributed by atoms with van der Waals surface area (Å²) in [5.41, 5.74) is 1.15. The fraction of sp³-hybridized carbons (Fsp3) is 0.250. The van der Waals surface area contributed by atoms with Crippen molar-refractivity contribution in [2.75, 3.05) is 7.11 Å². The Hall–Kier alpha value is -0.670. The first kappa shape index (κ1) is 8.43. The summed E-state index contributed by atoms with van der Waals surface area (Å²) in [7, 11) is 1.43. The molecule has 0 spiro atoms. The van der Waals surface area contributed by atoms with Crippen LogP contribution in [0.2, 0.25) is 0 Å². The highest BCUT2D eigenvalue weighted by Crippen LogP contribution is 2.07. The third kappa shape index (κ3) is 2.13. The van der Waals surface area contributed by atoms with E-state index in [1.807, 2.05) is 19.1 Å². The predicted octanol–water partition coefficient (Wildman–Crippen LogP) is 1.66. The van der Waals surface area contributed by atoms with Gasteiger partial charge < -0.3 is 0 Å². The van der Waals surface area contributed by atoms with Gasteiger partial charge in [0.25, 0.3) is 0 Å². The molecule has 0 amide bonds. The molecule has 0 bridgehead atoms. The first-order chi connectivity index (χ1) is 5.24. The third-order valence-electron chi connectivity index (χ3n) is 1.36. The zero-order valence-corrected chi connectivity index (χ0v) is 7.35. The van der Waals surface area contributed by atoms with Crippen LogP contribution in [0.25, 0.3) is 0 Å². The Morgan fingerprint density at radius 1 is 1.27 bits per heavy atom. The van der Waals surface area contributed by atoms with Gasteiger partial charge in [-0.05, 0) is 19.1 Å². The van der Waals surface area contributed by atoms with Crippen LogP contribution in [-0.4, -0.2) is 11.3 Å². The molecule has 1 aromatic rings. The first-order valence-corrected chi connectivity index (χ1v) is 4.34. The summed E-state index contributed by atoms with van der Waals surface area (Å²) < 4.78 is 15.7. The minimum atomic E-state index is -1.30. The molecule has 2 nitrogen and oxygen atoms in total. The van der Waals surface area contributed by atoms with Crippen LogP contribution in [0.5, 0.6) is 0 Å².